The molecule has 12 rings (SSSR count). The molecule has 0 spiro atoms. The van der Waals surface area contributed by atoms with E-state index >= 15 is 0 Å². The van der Waals surface area contributed by atoms with Gasteiger partial charge in [0.25, 0.3) is 0 Å². The third-order valence-electron chi connectivity index (χ3n) is 13.9. The van der Waals surface area contributed by atoms with Crippen molar-refractivity contribution in [3.8, 4) is 34.2 Å². The van der Waals surface area contributed by atoms with Crippen molar-refractivity contribution in [3.63, 3.8) is 0 Å². The predicted octanol–water partition coefficient (Wildman–Crippen LogP) is 16.6. The average molecular weight is 1460 g/mol. The van der Waals surface area contributed by atoms with Crippen molar-refractivity contribution in [2.75, 3.05) is 24.1 Å². The molecule has 12 heteroatoms. The summed E-state index contributed by atoms with van der Waals surface area (Å²) in [7, 11) is 3.99. The number of aromatic nitrogens is 4. The Kier molecular flexibility index (Phi) is 23.1. The maximum absolute atomic E-state index is 4.60. The van der Waals surface area contributed by atoms with Crippen LogP contribution in [-0.4, -0.2) is 54.7 Å². The summed E-state index contributed by atoms with van der Waals surface area (Å²) in [4.78, 5) is 13.2. The van der Waals surface area contributed by atoms with Crippen LogP contribution in [0.2, 0.25) is 0 Å². The molecule has 2 aliphatic heterocycles. The van der Waals surface area contributed by atoms with Crippen LogP contribution >= 0.6 is 0 Å². The van der Waals surface area contributed by atoms with Gasteiger partial charge < -0.3 is 29.0 Å². The van der Waals surface area contributed by atoms with E-state index in [-0.39, 0.29) is 40.2 Å². The first-order valence-corrected chi connectivity index (χ1v) is 28.1. The number of imidazole rings is 2. The van der Waals surface area contributed by atoms with Gasteiger partial charge in [0, 0.05) is 47.3 Å². The summed E-state index contributed by atoms with van der Waals surface area (Å²) < 4.78 is 4.44. The second-order valence-electron chi connectivity index (χ2n) is 21.2. The van der Waals surface area contributed by atoms with E-state index in [9.17, 15) is 0 Å². The molecule has 2 aliphatic rings. The Hall–Kier alpha value is -7.98. The molecule has 10 aromatic rings. The molecule has 0 aliphatic carbocycles. The minimum absolute atomic E-state index is 0. The summed E-state index contributed by atoms with van der Waals surface area (Å²) in [5.41, 5.74) is 14.1. The van der Waals surface area contributed by atoms with E-state index in [0.29, 0.717) is 23.7 Å². The van der Waals surface area contributed by atoms with E-state index in [2.05, 4.69) is 194 Å². The third-order valence-corrected chi connectivity index (χ3v) is 13.9. The second kappa shape index (κ2) is 30.5. The first-order chi connectivity index (χ1) is 39.9. The van der Waals surface area contributed by atoms with Crippen LogP contribution in [0.25, 0.3) is 34.2 Å². The van der Waals surface area contributed by atoms with E-state index in [1.54, 1.807) is 0 Å². The molecule has 0 N–H and O–H groups in total. The fourth-order valence-electron chi connectivity index (χ4n) is 9.83. The van der Waals surface area contributed by atoms with Gasteiger partial charge >= 0.3 is 40.2 Å². The van der Waals surface area contributed by atoms with E-state index in [1.165, 1.54) is 33.6 Å². The standard InChI is InChI=1S/2C21H23N2.2C15H13N3.2Ir/c2*1-15(2)18-11-8-12-19(16(3)4)20(18)23-14-13-22-21(23)17-9-6-5-7-10-17;2*1-17-12-18(14-10-6-3-7-11-14)16-15(17)13-8-4-2-5-9-13;;/h2*5-9,11-16H,1-4H3;2*2-10,12H,1H3;;/q2*-1;2*-2;2*+3. The number of benzene rings is 8. The molecule has 0 atom stereocenters. The molecule has 10 nitrogen and oxygen atoms in total. The van der Waals surface area contributed by atoms with E-state index in [4.69, 9.17) is 0 Å². The number of amidine groups is 2. The molecular weight excluding hydrogens is 1390 g/mol. The number of nitrogens with zero attached hydrogens (tertiary/aromatic N) is 10. The predicted molar refractivity (Wildman–Crippen MR) is 338 cm³/mol. The number of hydrogen-bond acceptors (Lipinski definition) is 8. The van der Waals surface area contributed by atoms with Gasteiger partial charge in [-0.05, 0) is 60.0 Å². The topological polar surface area (TPSA) is 73.3 Å². The quantitative estimate of drug-likeness (QED) is 0.114. The van der Waals surface area contributed by atoms with Crippen LogP contribution in [-0.2, 0) is 40.2 Å². The molecule has 8 aromatic carbocycles. The second-order valence-corrected chi connectivity index (χ2v) is 21.2. The summed E-state index contributed by atoms with van der Waals surface area (Å²) in [6.45, 7) is 21.9. The van der Waals surface area contributed by atoms with E-state index < -0.39 is 0 Å². The molecule has 2 aromatic heterocycles. The summed E-state index contributed by atoms with van der Waals surface area (Å²) in [5.74, 6) is 5.59. The molecule has 0 saturated heterocycles. The van der Waals surface area contributed by atoms with Gasteiger partial charge in [0.05, 0.1) is 11.6 Å². The minimum atomic E-state index is 0. The van der Waals surface area contributed by atoms with Gasteiger partial charge in [-0.1, -0.05) is 164 Å². The Morgan fingerprint density at radius 3 is 0.988 bits per heavy atom. The molecule has 428 valence electrons. The van der Waals surface area contributed by atoms with Crippen LogP contribution in [0.3, 0.4) is 0 Å². The Bertz CT molecular complexity index is 3340. The van der Waals surface area contributed by atoms with Gasteiger partial charge in [0.1, 0.15) is 11.7 Å². The summed E-state index contributed by atoms with van der Waals surface area (Å²) >= 11 is 0. The van der Waals surface area contributed by atoms with Crippen molar-refractivity contribution in [1.29, 1.82) is 0 Å². The molecule has 0 radical (unpaired) electrons. The molecule has 0 amide bonds. The molecular formula is C72H72Ir2N10. The number of anilines is 2. The van der Waals surface area contributed by atoms with Crippen molar-refractivity contribution in [3.05, 3.63) is 290 Å². The summed E-state index contributed by atoms with van der Waals surface area (Å²) in [5, 5.41) is 12.9. The van der Waals surface area contributed by atoms with Gasteiger partial charge in [-0.25, -0.2) is 0 Å². The summed E-state index contributed by atoms with van der Waals surface area (Å²) in [6, 6.07) is 78.1. The molecule has 4 heterocycles. The number of rotatable bonds is 12. The van der Waals surface area contributed by atoms with Crippen molar-refractivity contribution in [2.45, 2.75) is 79.1 Å². The van der Waals surface area contributed by atoms with Crippen LogP contribution in [0, 0.1) is 37.6 Å². The van der Waals surface area contributed by atoms with Crippen LogP contribution in [0.5, 0.6) is 0 Å². The van der Waals surface area contributed by atoms with Crippen LogP contribution in [0.4, 0.5) is 11.4 Å². The Balaban J connectivity index is 0.000000160. The number of para-hydroxylation sites is 4. The van der Waals surface area contributed by atoms with Crippen LogP contribution < -0.4 is 10.0 Å². The van der Waals surface area contributed by atoms with Crippen molar-refractivity contribution < 1.29 is 40.2 Å². The van der Waals surface area contributed by atoms with Gasteiger partial charge in [0.2, 0.25) is 0 Å². The van der Waals surface area contributed by atoms with Gasteiger partial charge in [-0.15, -0.1) is 97.3 Å². The zero-order valence-corrected chi connectivity index (χ0v) is 54.2. The number of hydrazone groups is 2. The molecule has 84 heavy (non-hydrogen) atoms. The monoisotopic (exact) mass is 1460 g/mol. The van der Waals surface area contributed by atoms with Crippen molar-refractivity contribution >= 4 is 23.0 Å². The maximum Gasteiger partial charge on any atom is 3.00 e. The van der Waals surface area contributed by atoms with Gasteiger partial charge in [-0.3, -0.25) is 9.97 Å². The fraction of sp³-hybridized carbons (Fsp3) is 0.194. The molecule has 0 fully saturated rings. The third kappa shape index (κ3) is 15.4. The smallest absolute Gasteiger partial charge is 0.487 e. The zero-order valence-electron chi connectivity index (χ0n) is 49.4. The first-order valence-electron chi connectivity index (χ1n) is 28.1. The van der Waals surface area contributed by atoms with Gasteiger partial charge in [0.15, 0.2) is 0 Å². The average Bonchev–Trinajstić information content (AvgIpc) is 2.49. The Morgan fingerprint density at radius 1 is 0.369 bits per heavy atom. The number of hydrogen-bond donors (Lipinski definition) is 0. The molecule has 0 unspecified atom stereocenters. The first kappa shape index (κ1) is 63.6. The normalized spacial score (nSPS) is 12.6. The largest absolute Gasteiger partial charge is 3.00 e. The van der Waals surface area contributed by atoms with Crippen molar-refractivity contribution in [1.82, 2.24) is 28.9 Å². The van der Waals surface area contributed by atoms with Gasteiger partial charge in [-0.2, -0.15) is 58.7 Å². The van der Waals surface area contributed by atoms with Crippen LogP contribution in [0.1, 0.15) is 112 Å². The molecule has 0 saturated carbocycles. The SMILES string of the molecule is CC(C)c1cccc(C(C)C)c1-n1ccnc1-c1[c-]cccc1.CC(C)c1cccc(C(C)C)c1-n1ccnc1-c1[c-]cccc1.CN1[CH-]N(c2[c-]cccc2)N=C1c1ccccc1.CN1[CH-]N(c2[c-]cccc2)N=C1c1ccccc1.[Ir+3].[Ir+3]. The Morgan fingerprint density at radius 2 is 0.690 bits per heavy atom. The fourth-order valence-corrected chi connectivity index (χ4v) is 9.83. The summed E-state index contributed by atoms with van der Waals surface area (Å²) in [6.07, 6.45) is 7.86. The minimum Gasteiger partial charge on any atom is -0.487 e. The molecule has 0 bridgehead atoms. The van der Waals surface area contributed by atoms with Crippen molar-refractivity contribution in [2.24, 2.45) is 10.2 Å². The zero-order chi connectivity index (χ0) is 57.5. The maximum atomic E-state index is 4.60. The Labute approximate surface area is 526 Å². The van der Waals surface area contributed by atoms with Crippen LogP contribution in [0.15, 0.2) is 229 Å². The van der Waals surface area contributed by atoms with E-state index in [1.807, 2.05) is 181 Å². The van der Waals surface area contributed by atoms with E-state index in [0.717, 1.165) is 56.9 Å².